The Balaban J connectivity index is 0.00000736. The number of aryl methyl sites for hydroxylation is 1. The molecule has 1 aromatic heterocycles. The van der Waals surface area contributed by atoms with Crippen molar-refractivity contribution >= 4 is 23.6 Å². The molecule has 9 heteroatoms. The number of unbranched alkanes of at least 4 members (excludes halogenated alkanes) is 11. The monoisotopic (exact) mass is 764 g/mol. The van der Waals surface area contributed by atoms with Gasteiger partial charge in [0.15, 0.2) is 12.4 Å². The third kappa shape index (κ3) is 13.9. The van der Waals surface area contributed by atoms with Crippen LogP contribution in [0.5, 0.6) is 11.5 Å². The van der Waals surface area contributed by atoms with Gasteiger partial charge in [-0.1, -0.05) is 107 Å². The van der Waals surface area contributed by atoms with Gasteiger partial charge in [0.2, 0.25) is 0 Å². The Morgan fingerprint density at radius 1 is 0.804 bits per heavy atom. The quantitative estimate of drug-likeness (QED) is 0.0776. The maximum Gasteiger partial charge on any atom is 0.417 e. The second-order valence-electron chi connectivity index (χ2n) is 11.5. The van der Waals surface area contributed by atoms with Crippen LogP contribution in [0.3, 0.4) is 0 Å². The molecule has 0 fully saturated rings. The van der Waals surface area contributed by atoms with Crippen molar-refractivity contribution in [1.29, 1.82) is 0 Å². The van der Waals surface area contributed by atoms with E-state index in [1.165, 1.54) is 71.3 Å². The van der Waals surface area contributed by atoms with E-state index in [9.17, 15) is 9.59 Å². The molecule has 2 aromatic carbocycles. The molecule has 3 rings (SSSR count). The fourth-order valence-electron chi connectivity index (χ4n) is 5.21. The lowest BCUT2D eigenvalue weighted by Gasteiger charge is -2.21. The zero-order valence-electron chi connectivity index (χ0n) is 27.6. The van der Waals surface area contributed by atoms with Crippen LogP contribution >= 0.6 is 11.6 Å². The number of para-hydroxylation sites is 1. The van der Waals surface area contributed by atoms with E-state index >= 15 is 0 Å². The standard InChI is InChI=1S/C37H50ClN2O5.HI/c1-4-5-6-7-8-9-10-11-12-13-14-17-25-44-35-23-22-30(26-33(35)38)29-45-37(42)40(28-31-19-18-24-39(2)27-31)36(41)32-20-15-16-21-34(32)43-3;/h15-16,18-24,26-27H,4-14,17,25,28-29H2,1-3H3;1H/q+1;/p-1. The molecule has 0 aliphatic rings. The van der Waals surface area contributed by atoms with Crippen LogP contribution in [0.4, 0.5) is 4.79 Å². The van der Waals surface area contributed by atoms with Crippen molar-refractivity contribution in [2.24, 2.45) is 7.05 Å². The van der Waals surface area contributed by atoms with E-state index in [1.54, 1.807) is 36.4 Å². The molecule has 0 unspecified atom stereocenters. The van der Waals surface area contributed by atoms with Gasteiger partial charge < -0.3 is 38.2 Å². The van der Waals surface area contributed by atoms with Crippen LogP contribution in [0.25, 0.3) is 0 Å². The normalized spacial score (nSPS) is 10.6. The molecule has 1 heterocycles. The number of halogens is 2. The number of methoxy groups -OCH3 is 1. The Labute approximate surface area is 297 Å². The van der Waals surface area contributed by atoms with Crippen LogP contribution < -0.4 is 38.0 Å². The van der Waals surface area contributed by atoms with Crippen LogP contribution in [-0.4, -0.2) is 30.6 Å². The van der Waals surface area contributed by atoms with Gasteiger partial charge in [0.1, 0.15) is 25.2 Å². The largest absolute Gasteiger partial charge is 1.00 e. The minimum atomic E-state index is -0.763. The van der Waals surface area contributed by atoms with Crippen molar-refractivity contribution in [3.63, 3.8) is 0 Å². The number of hydrogen-bond acceptors (Lipinski definition) is 5. The van der Waals surface area contributed by atoms with E-state index in [2.05, 4.69) is 6.92 Å². The average Bonchev–Trinajstić information content (AvgIpc) is 3.05. The summed E-state index contributed by atoms with van der Waals surface area (Å²) >= 11 is 6.50. The minimum absolute atomic E-state index is 0. The highest BCUT2D eigenvalue weighted by molar-refractivity contribution is 6.32. The lowest BCUT2D eigenvalue weighted by atomic mass is 10.1. The molecular weight excluding hydrogens is 715 g/mol. The summed E-state index contributed by atoms with van der Waals surface area (Å²) in [6, 6.07) is 15.9. The van der Waals surface area contributed by atoms with Crippen LogP contribution in [0, 0.1) is 0 Å². The van der Waals surface area contributed by atoms with Crippen molar-refractivity contribution in [3.05, 3.63) is 88.7 Å². The molecule has 0 N–H and O–H groups in total. The summed E-state index contributed by atoms with van der Waals surface area (Å²) < 4.78 is 18.7. The van der Waals surface area contributed by atoms with E-state index < -0.39 is 12.0 Å². The highest BCUT2D eigenvalue weighted by atomic mass is 127. The first-order valence-corrected chi connectivity index (χ1v) is 16.8. The first-order valence-electron chi connectivity index (χ1n) is 16.4. The van der Waals surface area contributed by atoms with Gasteiger partial charge in [-0.2, -0.15) is 0 Å². The predicted octanol–water partition coefficient (Wildman–Crippen LogP) is 6.24. The Morgan fingerprint density at radius 3 is 2.09 bits per heavy atom. The Bertz CT molecular complexity index is 1340. The molecule has 0 bridgehead atoms. The fraction of sp³-hybridized carbons (Fsp3) is 0.486. The van der Waals surface area contributed by atoms with E-state index in [0.29, 0.717) is 28.7 Å². The van der Waals surface area contributed by atoms with E-state index in [-0.39, 0.29) is 42.7 Å². The summed E-state index contributed by atoms with van der Waals surface area (Å²) in [5.74, 6) is 0.480. The van der Waals surface area contributed by atoms with Crippen molar-refractivity contribution < 1.29 is 52.3 Å². The number of imide groups is 1. The second-order valence-corrected chi connectivity index (χ2v) is 11.9. The van der Waals surface area contributed by atoms with Crippen LogP contribution in [0.1, 0.15) is 105 Å². The number of carbonyl (C=O) groups is 2. The summed E-state index contributed by atoms with van der Waals surface area (Å²) in [7, 11) is 3.37. The minimum Gasteiger partial charge on any atom is -1.00 e. The van der Waals surface area contributed by atoms with Crippen LogP contribution in [0.2, 0.25) is 5.02 Å². The zero-order chi connectivity index (χ0) is 32.3. The van der Waals surface area contributed by atoms with Gasteiger partial charge in [-0.05, 0) is 42.3 Å². The van der Waals surface area contributed by atoms with Crippen molar-refractivity contribution in [1.82, 2.24) is 4.90 Å². The van der Waals surface area contributed by atoms with E-state index in [0.717, 1.165) is 23.3 Å². The fourth-order valence-corrected chi connectivity index (χ4v) is 5.47. The molecule has 46 heavy (non-hydrogen) atoms. The third-order valence-electron chi connectivity index (χ3n) is 7.76. The topological polar surface area (TPSA) is 69.0 Å². The smallest absolute Gasteiger partial charge is 0.417 e. The van der Waals surface area contributed by atoms with Crippen LogP contribution in [-0.2, 0) is 24.9 Å². The number of nitrogens with zero attached hydrogens (tertiary/aromatic N) is 2. The summed E-state index contributed by atoms with van der Waals surface area (Å²) in [5.41, 5.74) is 1.75. The molecule has 0 aliphatic heterocycles. The Morgan fingerprint density at radius 2 is 1.46 bits per heavy atom. The molecule has 0 atom stereocenters. The lowest BCUT2D eigenvalue weighted by molar-refractivity contribution is -0.672. The number of ether oxygens (including phenoxy) is 3. The number of carbonyl (C=O) groups excluding carboxylic acids is 2. The summed E-state index contributed by atoms with van der Waals surface area (Å²) in [6.45, 7) is 2.87. The molecule has 252 valence electrons. The molecule has 0 saturated carbocycles. The second kappa shape index (κ2) is 22.6. The maximum absolute atomic E-state index is 13.5. The highest BCUT2D eigenvalue weighted by Gasteiger charge is 2.27. The zero-order valence-corrected chi connectivity index (χ0v) is 30.6. The third-order valence-corrected chi connectivity index (χ3v) is 8.05. The molecule has 0 radical (unpaired) electrons. The number of benzene rings is 2. The summed E-state index contributed by atoms with van der Waals surface area (Å²) in [4.78, 5) is 27.9. The van der Waals surface area contributed by atoms with Crippen molar-refractivity contribution in [3.8, 4) is 11.5 Å². The predicted molar refractivity (Wildman–Crippen MR) is 179 cm³/mol. The van der Waals surface area contributed by atoms with Gasteiger partial charge in [0.25, 0.3) is 5.91 Å². The Hall–Kier alpha value is -2.85. The van der Waals surface area contributed by atoms with Gasteiger partial charge in [0.05, 0.1) is 30.8 Å². The molecular formula is C37H50ClIN2O5. The van der Waals surface area contributed by atoms with E-state index in [1.807, 2.05) is 42.2 Å². The van der Waals surface area contributed by atoms with Gasteiger partial charge in [-0.3, -0.25) is 4.79 Å². The average molecular weight is 765 g/mol. The molecule has 0 saturated heterocycles. The summed E-state index contributed by atoms with van der Waals surface area (Å²) in [6.07, 6.45) is 18.5. The summed E-state index contributed by atoms with van der Waals surface area (Å²) in [5, 5.41) is 0.459. The van der Waals surface area contributed by atoms with Gasteiger partial charge in [0, 0.05) is 11.6 Å². The van der Waals surface area contributed by atoms with E-state index in [4.69, 9.17) is 25.8 Å². The number of rotatable bonds is 20. The molecule has 2 amide bonds. The molecule has 0 aliphatic carbocycles. The Kier molecular flexibility index (Phi) is 19.4. The maximum atomic E-state index is 13.5. The first kappa shape index (κ1) is 39.3. The number of aromatic nitrogens is 1. The first-order chi connectivity index (χ1) is 21.9. The number of pyridine rings is 1. The molecule has 7 nitrogen and oxygen atoms in total. The SMILES string of the molecule is CCCCCCCCCCCCCCOc1ccc(COC(=O)N(Cc2ccc[n+](C)c2)C(=O)c2ccccc2OC)cc1Cl.[I-]. The van der Waals surface area contributed by atoms with Gasteiger partial charge >= 0.3 is 6.09 Å². The van der Waals surface area contributed by atoms with Crippen molar-refractivity contribution in [2.75, 3.05) is 13.7 Å². The van der Waals surface area contributed by atoms with Crippen LogP contribution in [0.15, 0.2) is 67.0 Å². The number of amides is 2. The van der Waals surface area contributed by atoms with Gasteiger partial charge in [-0.25, -0.2) is 14.3 Å². The lowest BCUT2D eigenvalue weighted by Crippen LogP contribution is -3.00. The molecule has 3 aromatic rings. The van der Waals surface area contributed by atoms with Gasteiger partial charge in [-0.15, -0.1) is 0 Å². The number of hydrogen-bond donors (Lipinski definition) is 0. The highest BCUT2D eigenvalue weighted by Crippen LogP contribution is 2.27. The van der Waals surface area contributed by atoms with Crippen molar-refractivity contribution in [2.45, 2.75) is 97.1 Å². The molecule has 0 spiro atoms.